The molecule has 5 heteroatoms. The Labute approximate surface area is 111 Å². The van der Waals surface area contributed by atoms with Crippen molar-refractivity contribution in [1.82, 2.24) is 14.6 Å². The van der Waals surface area contributed by atoms with Gasteiger partial charge < -0.3 is 5.11 Å². The van der Waals surface area contributed by atoms with E-state index in [0.29, 0.717) is 11.3 Å². The summed E-state index contributed by atoms with van der Waals surface area (Å²) in [5.74, 6) is 5.47. The van der Waals surface area contributed by atoms with Crippen LogP contribution in [0.4, 0.5) is 0 Å². The summed E-state index contributed by atoms with van der Waals surface area (Å²) in [6, 6.07) is 3.05. The lowest BCUT2D eigenvalue weighted by molar-refractivity contribution is 0.0697. The summed E-state index contributed by atoms with van der Waals surface area (Å²) >= 11 is 0. The number of rotatable bonds is 1. The molecule has 0 spiro atoms. The summed E-state index contributed by atoms with van der Waals surface area (Å²) in [6.07, 6.45) is 0. The van der Waals surface area contributed by atoms with E-state index in [0.717, 1.165) is 5.82 Å². The fourth-order valence-electron chi connectivity index (χ4n) is 1.85. The van der Waals surface area contributed by atoms with Crippen LogP contribution < -0.4 is 0 Å². The summed E-state index contributed by atoms with van der Waals surface area (Å²) in [7, 11) is 0. The van der Waals surface area contributed by atoms with Crippen LogP contribution in [0.1, 0.15) is 49.6 Å². The second-order valence-electron chi connectivity index (χ2n) is 5.28. The molecule has 0 amide bonds. The first kappa shape index (κ1) is 13.1. The highest BCUT2D eigenvalue weighted by molar-refractivity contribution is 5.89. The van der Waals surface area contributed by atoms with E-state index in [1.807, 2.05) is 25.2 Å². The lowest BCUT2D eigenvalue weighted by atomic mass is 9.95. The van der Waals surface area contributed by atoms with Gasteiger partial charge in [0.05, 0.1) is 5.56 Å². The Kier molecular flexibility index (Phi) is 3.03. The molecule has 0 saturated carbocycles. The van der Waals surface area contributed by atoms with Crippen LogP contribution in [0.25, 0.3) is 5.65 Å². The van der Waals surface area contributed by atoms with E-state index in [1.165, 1.54) is 6.07 Å². The second-order valence-corrected chi connectivity index (χ2v) is 5.28. The number of aromatic carboxylic acids is 1. The van der Waals surface area contributed by atoms with Crippen molar-refractivity contribution in [2.24, 2.45) is 0 Å². The van der Waals surface area contributed by atoms with Crippen LogP contribution in [0, 0.1) is 11.8 Å². The molecule has 0 aliphatic rings. The molecule has 2 heterocycles. The van der Waals surface area contributed by atoms with Crippen LogP contribution in [-0.4, -0.2) is 25.7 Å². The minimum atomic E-state index is -0.998. The first-order chi connectivity index (χ1) is 8.84. The van der Waals surface area contributed by atoms with E-state index in [1.54, 1.807) is 13.0 Å². The van der Waals surface area contributed by atoms with Gasteiger partial charge in [-0.3, -0.25) is 4.40 Å². The standard InChI is InChI=1S/C14H15N3O2/c1-5-6-10-7-9(12(18)19)8-11-15-16-13(17(10)11)14(2,3)4/h7-8H,1-4H3,(H,18,19). The Bertz CT molecular complexity index is 712. The zero-order valence-corrected chi connectivity index (χ0v) is 11.4. The van der Waals surface area contributed by atoms with Gasteiger partial charge in [-0.15, -0.1) is 10.2 Å². The maximum absolute atomic E-state index is 11.1. The Hall–Kier alpha value is -2.35. The van der Waals surface area contributed by atoms with Gasteiger partial charge in [0.1, 0.15) is 11.5 Å². The number of fused-ring (bicyclic) bond motifs is 1. The highest BCUT2D eigenvalue weighted by Crippen LogP contribution is 2.23. The van der Waals surface area contributed by atoms with E-state index < -0.39 is 5.97 Å². The third-order valence-electron chi connectivity index (χ3n) is 2.68. The van der Waals surface area contributed by atoms with Gasteiger partial charge in [-0.25, -0.2) is 4.79 Å². The highest BCUT2D eigenvalue weighted by Gasteiger charge is 2.23. The van der Waals surface area contributed by atoms with Gasteiger partial charge in [0.2, 0.25) is 0 Å². The van der Waals surface area contributed by atoms with Gasteiger partial charge in [-0.1, -0.05) is 26.7 Å². The predicted octanol–water partition coefficient (Wildman–Crippen LogP) is 2.10. The molecule has 0 saturated heterocycles. The summed E-state index contributed by atoms with van der Waals surface area (Å²) < 4.78 is 1.81. The number of nitrogens with zero attached hydrogens (tertiary/aromatic N) is 3. The number of hydrogen-bond donors (Lipinski definition) is 1. The van der Waals surface area contributed by atoms with Crippen molar-refractivity contribution in [3.63, 3.8) is 0 Å². The number of aromatic nitrogens is 3. The summed E-state index contributed by atoms with van der Waals surface area (Å²) in [4.78, 5) is 11.1. The fourth-order valence-corrected chi connectivity index (χ4v) is 1.85. The Balaban J connectivity index is 2.85. The first-order valence-electron chi connectivity index (χ1n) is 5.90. The third-order valence-corrected chi connectivity index (χ3v) is 2.68. The minimum Gasteiger partial charge on any atom is -0.478 e. The number of carboxylic acid groups (broad SMARTS) is 1. The normalized spacial score (nSPS) is 11.2. The first-order valence-corrected chi connectivity index (χ1v) is 5.90. The molecule has 0 bridgehead atoms. The quantitative estimate of drug-likeness (QED) is 0.794. The van der Waals surface area contributed by atoms with Gasteiger partial charge >= 0.3 is 5.97 Å². The van der Waals surface area contributed by atoms with Crippen molar-refractivity contribution in [1.29, 1.82) is 0 Å². The maximum Gasteiger partial charge on any atom is 0.335 e. The van der Waals surface area contributed by atoms with Crippen LogP contribution in [0.2, 0.25) is 0 Å². The van der Waals surface area contributed by atoms with Crippen LogP contribution in [0.15, 0.2) is 12.1 Å². The number of carboxylic acids is 1. The van der Waals surface area contributed by atoms with Crippen molar-refractivity contribution in [3.8, 4) is 11.8 Å². The van der Waals surface area contributed by atoms with Crippen molar-refractivity contribution < 1.29 is 9.90 Å². The molecule has 2 rings (SSSR count). The van der Waals surface area contributed by atoms with Gasteiger partial charge in [0, 0.05) is 5.41 Å². The summed E-state index contributed by atoms with van der Waals surface area (Å²) in [5, 5.41) is 17.3. The van der Waals surface area contributed by atoms with Crippen LogP contribution >= 0.6 is 0 Å². The number of hydrogen-bond acceptors (Lipinski definition) is 3. The maximum atomic E-state index is 11.1. The van der Waals surface area contributed by atoms with E-state index in [9.17, 15) is 4.79 Å². The topological polar surface area (TPSA) is 67.5 Å². The Morgan fingerprint density at radius 1 is 1.32 bits per heavy atom. The SMILES string of the molecule is CC#Cc1cc(C(=O)O)cc2nnc(C(C)(C)C)n12. The van der Waals surface area contributed by atoms with Crippen molar-refractivity contribution >= 4 is 11.6 Å². The zero-order valence-electron chi connectivity index (χ0n) is 11.4. The van der Waals surface area contributed by atoms with Crippen molar-refractivity contribution in [3.05, 3.63) is 29.2 Å². The third kappa shape index (κ3) is 2.29. The lowest BCUT2D eigenvalue weighted by Crippen LogP contribution is -2.17. The molecule has 0 aliphatic heterocycles. The molecule has 2 aromatic heterocycles. The van der Waals surface area contributed by atoms with Crippen LogP contribution in [0.5, 0.6) is 0 Å². The molecular formula is C14H15N3O2. The lowest BCUT2D eigenvalue weighted by Gasteiger charge is -2.16. The molecule has 0 unspecified atom stereocenters. The smallest absolute Gasteiger partial charge is 0.335 e. The highest BCUT2D eigenvalue weighted by atomic mass is 16.4. The molecular weight excluding hydrogens is 242 g/mol. The van der Waals surface area contributed by atoms with Crippen LogP contribution in [0.3, 0.4) is 0 Å². The monoisotopic (exact) mass is 257 g/mol. The zero-order chi connectivity index (χ0) is 14.2. The van der Waals surface area contributed by atoms with Gasteiger partial charge in [0.25, 0.3) is 0 Å². The summed E-state index contributed by atoms with van der Waals surface area (Å²) in [5.41, 5.74) is 1.06. The number of carbonyl (C=O) groups is 1. The van der Waals surface area contributed by atoms with E-state index >= 15 is 0 Å². The van der Waals surface area contributed by atoms with Crippen molar-refractivity contribution in [2.75, 3.05) is 0 Å². The van der Waals surface area contributed by atoms with Gasteiger partial charge in [-0.2, -0.15) is 0 Å². The minimum absolute atomic E-state index is 0.165. The van der Waals surface area contributed by atoms with Gasteiger partial charge in [-0.05, 0) is 25.0 Å². The summed E-state index contributed by atoms with van der Waals surface area (Å²) in [6.45, 7) is 7.79. The van der Waals surface area contributed by atoms with Crippen LogP contribution in [-0.2, 0) is 5.41 Å². The van der Waals surface area contributed by atoms with Gasteiger partial charge in [0.15, 0.2) is 5.65 Å². The molecule has 19 heavy (non-hydrogen) atoms. The molecule has 98 valence electrons. The molecule has 0 fully saturated rings. The largest absolute Gasteiger partial charge is 0.478 e. The molecule has 0 radical (unpaired) electrons. The number of pyridine rings is 1. The van der Waals surface area contributed by atoms with Crippen molar-refractivity contribution in [2.45, 2.75) is 33.1 Å². The molecule has 1 N–H and O–H groups in total. The molecule has 0 atom stereocenters. The Morgan fingerprint density at radius 3 is 2.53 bits per heavy atom. The predicted molar refractivity (Wildman–Crippen MR) is 71.2 cm³/mol. The average molecular weight is 257 g/mol. The fraction of sp³-hybridized carbons (Fsp3) is 0.357. The van der Waals surface area contributed by atoms with E-state index in [-0.39, 0.29) is 11.0 Å². The second kappa shape index (κ2) is 4.39. The molecule has 0 aliphatic carbocycles. The van der Waals surface area contributed by atoms with E-state index in [2.05, 4.69) is 22.0 Å². The average Bonchev–Trinajstić information content (AvgIpc) is 2.72. The molecule has 5 nitrogen and oxygen atoms in total. The van der Waals surface area contributed by atoms with E-state index in [4.69, 9.17) is 5.11 Å². The molecule has 2 aromatic rings. The Morgan fingerprint density at radius 2 is 2.00 bits per heavy atom. The molecule has 0 aromatic carbocycles.